The summed E-state index contributed by atoms with van der Waals surface area (Å²) < 4.78 is 0. The van der Waals surface area contributed by atoms with E-state index >= 15 is 0 Å². The Hall–Kier alpha value is -1.02. The Morgan fingerprint density at radius 2 is 1.92 bits per heavy atom. The van der Waals surface area contributed by atoms with Crippen molar-refractivity contribution in [2.75, 3.05) is 5.32 Å². The van der Waals surface area contributed by atoms with Crippen LogP contribution in [-0.4, -0.2) is 17.3 Å². The van der Waals surface area contributed by atoms with Crippen molar-refractivity contribution in [3.8, 4) is 0 Å². The van der Waals surface area contributed by atoms with Gasteiger partial charge in [-0.2, -0.15) is 0 Å². The summed E-state index contributed by atoms with van der Waals surface area (Å²) in [5, 5.41) is 12.9. The Bertz CT molecular complexity index is 260. The average molecular weight is 177 g/mol. The van der Waals surface area contributed by atoms with Gasteiger partial charge in [0.1, 0.15) is 0 Å². The van der Waals surface area contributed by atoms with E-state index in [1.54, 1.807) is 0 Å². The molecule has 1 fully saturated rings. The van der Waals surface area contributed by atoms with Crippen LogP contribution in [0.25, 0.3) is 0 Å². The summed E-state index contributed by atoms with van der Waals surface area (Å²) in [6, 6.07) is 10.3. The monoisotopic (exact) mass is 177 g/mol. The molecule has 0 unspecified atom stereocenters. The lowest BCUT2D eigenvalue weighted by atomic mass is 10.2. The summed E-state index contributed by atoms with van der Waals surface area (Å²) in [6.45, 7) is 0. The van der Waals surface area contributed by atoms with Gasteiger partial charge in [0.25, 0.3) is 0 Å². The van der Waals surface area contributed by atoms with Crippen molar-refractivity contribution < 1.29 is 5.11 Å². The van der Waals surface area contributed by atoms with Crippen LogP contribution in [0, 0.1) is 0 Å². The second-order valence-corrected chi connectivity index (χ2v) is 3.62. The van der Waals surface area contributed by atoms with Gasteiger partial charge in [0, 0.05) is 5.69 Å². The summed E-state index contributed by atoms with van der Waals surface area (Å²) in [6.07, 6.45) is 2.98. The maximum Gasteiger partial charge on any atom is 0.0741 e. The largest absolute Gasteiger partial charge is 0.391 e. The van der Waals surface area contributed by atoms with Gasteiger partial charge in [0.2, 0.25) is 0 Å². The number of aliphatic hydroxyl groups is 1. The predicted molar refractivity (Wildman–Crippen MR) is 53.7 cm³/mol. The van der Waals surface area contributed by atoms with Gasteiger partial charge in [0.15, 0.2) is 0 Å². The molecule has 1 aliphatic carbocycles. The van der Waals surface area contributed by atoms with Gasteiger partial charge in [0.05, 0.1) is 12.1 Å². The van der Waals surface area contributed by atoms with Crippen molar-refractivity contribution in [3.05, 3.63) is 30.3 Å². The lowest BCUT2D eigenvalue weighted by Gasteiger charge is -2.17. The highest BCUT2D eigenvalue weighted by molar-refractivity contribution is 5.43. The molecule has 0 aliphatic heterocycles. The van der Waals surface area contributed by atoms with E-state index in [-0.39, 0.29) is 12.1 Å². The number of para-hydroxylation sites is 1. The molecule has 1 aromatic carbocycles. The van der Waals surface area contributed by atoms with Crippen LogP contribution in [0.15, 0.2) is 30.3 Å². The highest BCUT2D eigenvalue weighted by Crippen LogP contribution is 2.22. The Morgan fingerprint density at radius 1 is 1.15 bits per heavy atom. The number of aliphatic hydroxyl groups excluding tert-OH is 1. The molecule has 2 N–H and O–H groups in total. The normalized spacial score (nSPS) is 27.5. The van der Waals surface area contributed by atoms with Gasteiger partial charge in [-0.1, -0.05) is 18.2 Å². The molecule has 2 heteroatoms. The molecule has 1 saturated carbocycles. The molecule has 0 bridgehead atoms. The quantitative estimate of drug-likeness (QED) is 0.724. The van der Waals surface area contributed by atoms with Crippen molar-refractivity contribution in [1.29, 1.82) is 0 Å². The fourth-order valence-electron chi connectivity index (χ4n) is 1.86. The van der Waals surface area contributed by atoms with Gasteiger partial charge < -0.3 is 10.4 Å². The maximum absolute atomic E-state index is 9.59. The number of anilines is 1. The average Bonchev–Trinajstić information content (AvgIpc) is 2.54. The number of hydrogen-bond acceptors (Lipinski definition) is 2. The molecule has 1 aromatic rings. The summed E-state index contributed by atoms with van der Waals surface area (Å²) in [5.41, 5.74) is 1.11. The van der Waals surface area contributed by atoms with Gasteiger partial charge >= 0.3 is 0 Å². The molecular weight excluding hydrogens is 162 g/mol. The minimum absolute atomic E-state index is 0.166. The van der Waals surface area contributed by atoms with Crippen LogP contribution < -0.4 is 5.32 Å². The zero-order chi connectivity index (χ0) is 9.10. The van der Waals surface area contributed by atoms with Gasteiger partial charge in [-0.3, -0.25) is 0 Å². The number of rotatable bonds is 2. The third-order valence-electron chi connectivity index (χ3n) is 2.61. The fourth-order valence-corrected chi connectivity index (χ4v) is 1.86. The minimum atomic E-state index is -0.166. The van der Waals surface area contributed by atoms with Crippen molar-refractivity contribution in [2.24, 2.45) is 0 Å². The van der Waals surface area contributed by atoms with Gasteiger partial charge in [-0.25, -0.2) is 0 Å². The predicted octanol–water partition coefficient (Wildman–Crippen LogP) is 2.01. The lowest BCUT2D eigenvalue weighted by Crippen LogP contribution is -2.27. The van der Waals surface area contributed by atoms with E-state index in [0.717, 1.165) is 24.9 Å². The van der Waals surface area contributed by atoms with E-state index < -0.39 is 0 Å². The molecule has 1 aliphatic rings. The molecule has 2 nitrogen and oxygen atoms in total. The van der Waals surface area contributed by atoms with Crippen molar-refractivity contribution in [3.63, 3.8) is 0 Å². The third-order valence-corrected chi connectivity index (χ3v) is 2.61. The van der Waals surface area contributed by atoms with Crippen LogP contribution in [-0.2, 0) is 0 Å². The molecular formula is C11H15NO. The second kappa shape index (κ2) is 3.79. The van der Waals surface area contributed by atoms with Crippen molar-refractivity contribution >= 4 is 5.69 Å². The van der Waals surface area contributed by atoms with Crippen molar-refractivity contribution in [1.82, 2.24) is 0 Å². The Balaban J connectivity index is 1.98. The molecule has 0 amide bonds. The Kier molecular flexibility index (Phi) is 2.50. The molecule has 2 atom stereocenters. The van der Waals surface area contributed by atoms with Crippen LogP contribution in [0.2, 0.25) is 0 Å². The van der Waals surface area contributed by atoms with E-state index in [1.807, 2.05) is 30.3 Å². The van der Waals surface area contributed by atoms with Gasteiger partial charge in [-0.15, -0.1) is 0 Å². The molecule has 0 spiro atoms. The molecule has 0 heterocycles. The number of nitrogens with one attached hydrogen (secondary N) is 1. The zero-order valence-corrected chi connectivity index (χ0v) is 7.61. The summed E-state index contributed by atoms with van der Waals surface area (Å²) in [4.78, 5) is 0. The first-order chi connectivity index (χ1) is 6.36. The molecule has 13 heavy (non-hydrogen) atoms. The number of benzene rings is 1. The Labute approximate surface area is 78.6 Å². The van der Waals surface area contributed by atoms with E-state index in [2.05, 4.69) is 5.32 Å². The topological polar surface area (TPSA) is 32.3 Å². The highest BCUT2D eigenvalue weighted by Gasteiger charge is 2.24. The van der Waals surface area contributed by atoms with Crippen LogP contribution in [0.5, 0.6) is 0 Å². The zero-order valence-electron chi connectivity index (χ0n) is 7.61. The van der Waals surface area contributed by atoms with E-state index in [9.17, 15) is 5.11 Å². The molecule has 2 rings (SSSR count). The maximum atomic E-state index is 9.59. The van der Waals surface area contributed by atoms with E-state index in [0.29, 0.717) is 0 Å². The van der Waals surface area contributed by atoms with E-state index in [4.69, 9.17) is 0 Å². The first kappa shape index (κ1) is 8.57. The minimum Gasteiger partial charge on any atom is -0.391 e. The molecule has 0 aromatic heterocycles. The second-order valence-electron chi connectivity index (χ2n) is 3.62. The number of hydrogen-bond donors (Lipinski definition) is 2. The van der Waals surface area contributed by atoms with Crippen LogP contribution >= 0.6 is 0 Å². The fraction of sp³-hybridized carbons (Fsp3) is 0.455. The summed E-state index contributed by atoms with van der Waals surface area (Å²) in [5.74, 6) is 0. The molecule has 0 radical (unpaired) electrons. The Morgan fingerprint density at radius 3 is 2.54 bits per heavy atom. The van der Waals surface area contributed by atoms with Crippen LogP contribution in [0.3, 0.4) is 0 Å². The van der Waals surface area contributed by atoms with E-state index in [1.165, 1.54) is 0 Å². The highest BCUT2D eigenvalue weighted by atomic mass is 16.3. The van der Waals surface area contributed by atoms with Crippen LogP contribution in [0.1, 0.15) is 19.3 Å². The molecule has 0 saturated heterocycles. The SMILES string of the molecule is O[C@@H]1CCC[C@@H]1Nc1ccccc1. The smallest absolute Gasteiger partial charge is 0.0741 e. The summed E-state index contributed by atoms with van der Waals surface area (Å²) in [7, 11) is 0. The van der Waals surface area contributed by atoms with Crippen molar-refractivity contribution in [2.45, 2.75) is 31.4 Å². The first-order valence-electron chi connectivity index (χ1n) is 4.86. The molecule has 70 valence electrons. The van der Waals surface area contributed by atoms with Crippen LogP contribution in [0.4, 0.5) is 5.69 Å². The summed E-state index contributed by atoms with van der Waals surface area (Å²) >= 11 is 0. The first-order valence-corrected chi connectivity index (χ1v) is 4.86. The third kappa shape index (κ3) is 2.01. The standard InChI is InChI=1S/C11H15NO/c13-11-8-4-7-10(11)12-9-5-2-1-3-6-9/h1-3,5-6,10-13H,4,7-8H2/t10-,11+/m0/s1. The van der Waals surface area contributed by atoms with Gasteiger partial charge in [-0.05, 0) is 31.4 Å². The lowest BCUT2D eigenvalue weighted by molar-refractivity contribution is 0.172.